The van der Waals surface area contributed by atoms with Gasteiger partial charge in [-0.15, -0.1) is 0 Å². The molecule has 0 aliphatic heterocycles. The summed E-state index contributed by atoms with van der Waals surface area (Å²) >= 11 is 0. The second-order valence-corrected chi connectivity index (χ2v) is 1.79. The molecule has 0 aromatic carbocycles. The van der Waals surface area contributed by atoms with Gasteiger partial charge in [-0.1, -0.05) is 6.58 Å². The number of esters is 1. The van der Waals surface area contributed by atoms with Crippen LogP contribution in [0.25, 0.3) is 0 Å². The number of nitrogens with zero attached hydrogens (tertiary/aromatic N) is 1. The van der Waals surface area contributed by atoms with E-state index in [9.17, 15) is 4.79 Å². The summed E-state index contributed by atoms with van der Waals surface area (Å²) < 4.78 is 4.36. The van der Waals surface area contributed by atoms with Crippen LogP contribution in [0.15, 0.2) is 12.2 Å². The van der Waals surface area contributed by atoms with Crippen molar-refractivity contribution in [3.8, 4) is 6.07 Å². The molecule has 0 atom stereocenters. The van der Waals surface area contributed by atoms with Gasteiger partial charge >= 0.3 is 5.97 Å². The molecule has 0 saturated heterocycles. The monoisotopic (exact) mass is 139 g/mol. The first-order chi connectivity index (χ1) is 4.70. The van der Waals surface area contributed by atoms with Crippen molar-refractivity contribution < 1.29 is 9.53 Å². The Hall–Kier alpha value is -1.30. The molecule has 3 heteroatoms. The number of allylic oxidation sites excluding steroid dienone is 1. The number of carbonyl (C=O) groups is 1. The van der Waals surface area contributed by atoms with E-state index in [1.54, 1.807) is 0 Å². The predicted molar refractivity (Wildman–Crippen MR) is 36.0 cm³/mol. The van der Waals surface area contributed by atoms with Crippen molar-refractivity contribution in [3.05, 3.63) is 12.2 Å². The summed E-state index contributed by atoms with van der Waals surface area (Å²) in [7, 11) is 1.32. The molecule has 0 aromatic rings. The first-order valence-electron chi connectivity index (χ1n) is 2.85. The van der Waals surface area contributed by atoms with Gasteiger partial charge in [0.25, 0.3) is 0 Å². The average Bonchev–Trinajstić information content (AvgIpc) is 1.99. The minimum Gasteiger partial charge on any atom is -0.469 e. The maximum absolute atomic E-state index is 10.5. The van der Waals surface area contributed by atoms with E-state index >= 15 is 0 Å². The highest BCUT2D eigenvalue weighted by molar-refractivity contribution is 5.69. The average molecular weight is 139 g/mol. The standard InChI is InChI=1S/C7H9NO2/c1-6(5-8)3-4-7(9)10-2/h1,3-4H2,2H3. The van der Waals surface area contributed by atoms with Crippen LogP contribution in [0.5, 0.6) is 0 Å². The summed E-state index contributed by atoms with van der Waals surface area (Å²) in [5.74, 6) is -0.309. The number of ether oxygens (including phenoxy) is 1. The zero-order chi connectivity index (χ0) is 7.98. The lowest BCUT2D eigenvalue weighted by Gasteiger charge is -1.94. The van der Waals surface area contributed by atoms with Gasteiger partial charge in [-0.3, -0.25) is 4.79 Å². The lowest BCUT2D eigenvalue weighted by Crippen LogP contribution is -1.99. The van der Waals surface area contributed by atoms with Gasteiger partial charge in [0, 0.05) is 5.57 Å². The predicted octanol–water partition coefficient (Wildman–Crippen LogP) is 1.02. The molecule has 0 saturated carbocycles. The topological polar surface area (TPSA) is 50.1 Å². The van der Waals surface area contributed by atoms with Crippen LogP contribution < -0.4 is 0 Å². The molecule has 0 bridgehead atoms. The van der Waals surface area contributed by atoms with E-state index in [4.69, 9.17) is 5.26 Å². The minimum atomic E-state index is -0.309. The lowest BCUT2D eigenvalue weighted by atomic mass is 10.2. The summed E-state index contributed by atoms with van der Waals surface area (Å²) in [6, 6.07) is 1.84. The third kappa shape index (κ3) is 3.67. The second-order valence-electron chi connectivity index (χ2n) is 1.79. The Morgan fingerprint density at radius 2 is 2.30 bits per heavy atom. The highest BCUT2D eigenvalue weighted by atomic mass is 16.5. The molecule has 0 fully saturated rings. The number of rotatable bonds is 3. The van der Waals surface area contributed by atoms with Crippen LogP contribution >= 0.6 is 0 Å². The van der Waals surface area contributed by atoms with Gasteiger partial charge in [0.2, 0.25) is 0 Å². The zero-order valence-corrected chi connectivity index (χ0v) is 5.89. The highest BCUT2D eigenvalue weighted by Crippen LogP contribution is 2.00. The Morgan fingerprint density at radius 1 is 1.70 bits per heavy atom. The third-order valence-electron chi connectivity index (χ3n) is 1.02. The number of methoxy groups -OCH3 is 1. The van der Waals surface area contributed by atoms with Gasteiger partial charge < -0.3 is 4.74 Å². The molecule has 10 heavy (non-hydrogen) atoms. The van der Waals surface area contributed by atoms with Gasteiger partial charge in [0.15, 0.2) is 0 Å². The van der Waals surface area contributed by atoms with Crippen LogP contribution in [-0.2, 0) is 9.53 Å². The van der Waals surface area contributed by atoms with E-state index in [0.29, 0.717) is 12.0 Å². The molecule has 0 aliphatic rings. The van der Waals surface area contributed by atoms with Crippen LogP contribution in [-0.4, -0.2) is 13.1 Å². The summed E-state index contributed by atoms with van der Waals surface area (Å²) in [5.41, 5.74) is 0.408. The van der Waals surface area contributed by atoms with Crippen molar-refractivity contribution in [2.24, 2.45) is 0 Å². The molecular weight excluding hydrogens is 130 g/mol. The fraction of sp³-hybridized carbons (Fsp3) is 0.429. The van der Waals surface area contributed by atoms with Gasteiger partial charge in [0.1, 0.15) is 0 Å². The first-order valence-corrected chi connectivity index (χ1v) is 2.85. The Morgan fingerprint density at radius 3 is 2.70 bits per heavy atom. The summed E-state index contributed by atoms with van der Waals surface area (Å²) in [6.45, 7) is 3.41. The molecule has 0 aliphatic carbocycles. The summed E-state index contributed by atoms with van der Waals surface area (Å²) in [5, 5.41) is 8.22. The van der Waals surface area contributed by atoms with Crippen LogP contribution in [0.2, 0.25) is 0 Å². The molecular formula is C7H9NO2. The zero-order valence-electron chi connectivity index (χ0n) is 5.89. The molecule has 0 N–H and O–H groups in total. The van der Waals surface area contributed by atoms with E-state index in [1.807, 2.05) is 6.07 Å². The highest BCUT2D eigenvalue weighted by Gasteiger charge is 2.00. The molecule has 0 rings (SSSR count). The van der Waals surface area contributed by atoms with E-state index in [1.165, 1.54) is 7.11 Å². The van der Waals surface area contributed by atoms with Crippen LogP contribution in [0, 0.1) is 11.3 Å². The number of carbonyl (C=O) groups excluding carboxylic acids is 1. The Labute approximate surface area is 59.9 Å². The van der Waals surface area contributed by atoms with E-state index in [-0.39, 0.29) is 12.4 Å². The van der Waals surface area contributed by atoms with Crippen molar-refractivity contribution in [1.29, 1.82) is 5.26 Å². The molecule has 0 aromatic heterocycles. The first kappa shape index (κ1) is 8.70. The maximum Gasteiger partial charge on any atom is 0.305 e. The Bertz CT molecular complexity index is 179. The Balaban J connectivity index is 3.48. The van der Waals surface area contributed by atoms with Gasteiger partial charge in [-0.2, -0.15) is 5.26 Å². The molecule has 0 radical (unpaired) electrons. The fourth-order valence-electron chi connectivity index (χ4n) is 0.411. The van der Waals surface area contributed by atoms with Crippen molar-refractivity contribution in [1.82, 2.24) is 0 Å². The smallest absolute Gasteiger partial charge is 0.305 e. The van der Waals surface area contributed by atoms with Crippen molar-refractivity contribution in [3.63, 3.8) is 0 Å². The quantitative estimate of drug-likeness (QED) is 0.433. The molecule has 54 valence electrons. The van der Waals surface area contributed by atoms with E-state index < -0.39 is 0 Å². The summed E-state index contributed by atoms with van der Waals surface area (Å²) in [6.07, 6.45) is 0.631. The van der Waals surface area contributed by atoms with E-state index in [0.717, 1.165) is 0 Å². The molecule has 3 nitrogen and oxygen atoms in total. The van der Waals surface area contributed by atoms with Gasteiger partial charge in [0.05, 0.1) is 19.6 Å². The third-order valence-corrected chi connectivity index (χ3v) is 1.02. The van der Waals surface area contributed by atoms with Crippen LogP contribution in [0.1, 0.15) is 12.8 Å². The summed E-state index contributed by atoms with van der Waals surface area (Å²) in [4.78, 5) is 10.5. The van der Waals surface area contributed by atoms with Crippen LogP contribution in [0.3, 0.4) is 0 Å². The van der Waals surface area contributed by atoms with Gasteiger partial charge in [-0.05, 0) is 6.42 Å². The molecule has 0 spiro atoms. The minimum absolute atomic E-state index is 0.239. The molecule has 0 heterocycles. The lowest BCUT2D eigenvalue weighted by molar-refractivity contribution is -0.140. The van der Waals surface area contributed by atoms with E-state index in [2.05, 4.69) is 11.3 Å². The SMILES string of the molecule is C=C(C#N)CCC(=O)OC. The fourth-order valence-corrected chi connectivity index (χ4v) is 0.411. The van der Waals surface area contributed by atoms with Gasteiger partial charge in [-0.25, -0.2) is 0 Å². The second kappa shape index (κ2) is 4.57. The number of hydrogen-bond acceptors (Lipinski definition) is 3. The Kier molecular flexibility index (Phi) is 3.97. The number of nitriles is 1. The van der Waals surface area contributed by atoms with Crippen LogP contribution in [0.4, 0.5) is 0 Å². The molecule has 0 amide bonds. The maximum atomic E-state index is 10.5. The molecule has 0 unspecified atom stereocenters. The largest absolute Gasteiger partial charge is 0.469 e. The van der Waals surface area contributed by atoms with Crippen molar-refractivity contribution in [2.75, 3.05) is 7.11 Å². The van der Waals surface area contributed by atoms with Crippen molar-refractivity contribution >= 4 is 5.97 Å². The number of hydrogen-bond donors (Lipinski definition) is 0. The van der Waals surface area contributed by atoms with Crippen molar-refractivity contribution in [2.45, 2.75) is 12.8 Å². The normalized spacial score (nSPS) is 8.00.